The first-order valence-corrected chi connectivity index (χ1v) is 8.24. The van der Waals surface area contributed by atoms with Crippen LogP contribution < -0.4 is 0 Å². The van der Waals surface area contributed by atoms with Crippen LogP contribution in [-0.2, 0) is 0 Å². The molecule has 0 aliphatic rings. The Bertz CT molecular complexity index is 1040. The summed E-state index contributed by atoms with van der Waals surface area (Å²) in [4.78, 5) is 15.7. The normalized spacial score (nSPS) is 10.8. The van der Waals surface area contributed by atoms with Crippen LogP contribution in [0.2, 0.25) is 0 Å². The second-order valence-electron chi connectivity index (χ2n) is 5.31. The van der Waals surface area contributed by atoms with Crippen molar-refractivity contribution in [2.45, 2.75) is 0 Å². The summed E-state index contributed by atoms with van der Waals surface area (Å²) >= 11 is 1.56. The van der Waals surface area contributed by atoms with Gasteiger partial charge in [0.2, 0.25) is 0 Å². The molecule has 4 aromatic rings. The molecule has 0 saturated heterocycles. The summed E-state index contributed by atoms with van der Waals surface area (Å²) < 4.78 is 0.964. The van der Waals surface area contributed by atoms with Crippen LogP contribution in [0, 0.1) is 10.1 Å². The van der Waals surface area contributed by atoms with Crippen molar-refractivity contribution in [2.24, 2.45) is 0 Å². The zero-order valence-electron chi connectivity index (χ0n) is 12.5. The van der Waals surface area contributed by atoms with E-state index in [1.807, 2.05) is 54.6 Å². The third kappa shape index (κ3) is 2.45. The van der Waals surface area contributed by atoms with E-state index in [-0.39, 0.29) is 10.6 Å². The maximum Gasteiger partial charge on any atom is 0.277 e. The number of para-hydroxylation sites is 1. The molecule has 0 saturated carbocycles. The molecule has 0 radical (unpaired) electrons. The maximum atomic E-state index is 11.4. The van der Waals surface area contributed by atoms with Crippen LogP contribution in [0.25, 0.3) is 31.9 Å². The van der Waals surface area contributed by atoms with E-state index in [0.717, 1.165) is 26.4 Å². The van der Waals surface area contributed by atoms with Gasteiger partial charge in [0.25, 0.3) is 5.69 Å². The SMILES string of the molecule is O=[N+]([O-])c1ccccc1-c1cccc2nc(-c3ccccc3)sc12. The molecule has 116 valence electrons. The average Bonchev–Trinajstić information content (AvgIpc) is 3.06. The summed E-state index contributed by atoms with van der Waals surface area (Å²) in [7, 11) is 0. The van der Waals surface area contributed by atoms with E-state index in [1.54, 1.807) is 23.5 Å². The lowest BCUT2D eigenvalue weighted by Crippen LogP contribution is -1.91. The highest BCUT2D eigenvalue weighted by atomic mass is 32.1. The van der Waals surface area contributed by atoms with E-state index >= 15 is 0 Å². The summed E-state index contributed by atoms with van der Waals surface area (Å²) in [6.45, 7) is 0. The number of benzene rings is 3. The standard InChI is InChI=1S/C19H12N2O2S/c22-21(23)17-12-5-4-9-14(17)15-10-6-11-16-18(15)24-19(20-16)13-7-2-1-3-8-13/h1-12H. The Morgan fingerprint density at radius 3 is 2.33 bits per heavy atom. The van der Waals surface area contributed by atoms with E-state index in [4.69, 9.17) is 4.98 Å². The number of hydrogen-bond donors (Lipinski definition) is 0. The Kier molecular flexibility index (Phi) is 3.55. The largest absolute Gasteiger partial charge is 0.277 e. The zero-order chi connectivity index (χ0) is 16.5. The van der Waals surface area contributed by atoms with E-state index in [1.165, 1.54) is 6.07 Å². The summed E-state index contributed by atoms with van der Waals surface area (Å²) in [5, 5.41) is 12.3. The van der Waals surface area contributed by atoms with Crippen LogP contribution in [0.3, 0.4) is 0 Å². The Balaban J connectivity index is 1.95. The van der Waals surface area contributed by atoms with Gasteiger partial charge in [-0.1, -0.05) is 54.6 Å². The molecule has 0 atom stereocenters. The first kappa shape index (κ1) is 14.5. The molecule has 0 aliphatic heterocycles. The van der Waals surface area contributed by atoms with Crippen LogP contribution in [0.4, 0.5) is 5.69 Å². The monoisotopic (exact) mass is 332 g/mol. The molecule has 24 heavy (non-hydrogen) atoms. The van der Waals surface area contributed by atoms with Crippen LogP contribution in [0.15, 0.2) is 72.8 Å². The number of nitrogens with zero attached hydrogens (tertiary/aromatic N) is 2. The van der Waals surface area contributed by atoms with Crippen molar-refractivity contribution in [3.8, 4) is 21.7 Å². The molecular formula is C19H12N2O2S. The lowest BCUT2D eigenvalue weighted by Gasteiger charge is -2.03. The highest BCUT2D eigenvalue weighted by Crippen LogP contribution is 2.39. The molecule has 0 amide bonds. The van der Waals surface area contributed by atoms with Gasteiger partial charge in [-0.25, -0.2) is 4.98 Å². The van der Waals surface area contributed by atoms with E-state index < -0.39 is 0 Å². The van der Waals surface area contributed by atoms with E-state index in [2.05, 4.69) is 0 Å². The number of thiazole rings is 1. The number of nitro benzene ring substituents is 1. The number of aromatic nitrogens is 1. The van der Waals surface area contributed by atoms with Gasteiger partial charge in [-0.15, -0.1) is 11.3 Å². The minimum Gasteiger partial charge on any atom is -0.258 e. The summed E-state index contributed by atoms with van der Waals surface area (Å²) in [5.41, 5.74) is 3.48. The van der Waals surface area contributed by atoms with Crippen LogP contribution in [0.1, 0.15) is 0 Å². The van der Waals surface area contributed by atoms with Crippen molar-refractivity contribution >= 4 is 27.2 Å². The quantitative estimate of drug-likeness (QED) is 0.366. The van der Waals surface area contributed by atoms with Gasteiger partial charge in [0.05, 0.1) is 20.7 Å². The molecule has 0 unspecified atom stereocenters. The van der Waals surface area contributed by atoms with Gasteiger partial charge in [0.15, 0.2) is 0 Å². The van der Waals surface area contributed by atoms with Gasteiger partial charge >= 0.3 is 0 Å². The molecule has 1 aromatic heterocycles. The predicted molar refractivity (Wildman–Crippen MR) is 97.1 cm³/mol. The molecule has 5 heteroatoms. The lowest BCUT2D eigenvalue weighted by atomic mass is 10.0. The fourth-order valence-corrected chi connectivity index (χ4v) is 3.82. The summed E-state index contributed by atoms with van der Waals surface area (Å²) in [6, 6.07) is 22.5. The van der Waals surface area contributed by atoms with E-state index in [9.17, 15) is 10.1 Å². The maximum absolute atomic E-state index is 11.4. The molecule has 0 bridgehead atoms. The topological polar surface area (TPSA) is 56.0 Å². The third-order valence-electron chi connectivity index (χ3n) is 3.83. The fourth-order valence-electron chi connectivity index (χ4n) is 2.73. The van der Waals surface area contributed by atoms with Gasteiger partial charge in [0.1, 0.15) is 5.01 Å². The second-order valence-corrected chi connectivity index (χ2v) is 6.31. The summed E-state index contributed by atoms with van der Waals surface area (Å²) in [5.74, 6) is 0. The molecule has 0 fully saturated rings. The van der Waals surface area contributed by atoms with Crippen LogP contribution >= 0.6 is 11.3 Å². The lowest BCUT2D eigenvalue weighted by molar-refractivity contribution is -0.384. The highest BCUT2D eigenvalue weighted by molar-refractivity contribution is 7.22. The summed E-state index contributed by atoms with van der Waals surface area (Å²) in [6.07, 6.45) is 0. The molecule has 4 nitrogen and oxygen atoms in total. The Morgan fingerprint density at radius 1 is 0.833 bits per heavy atom. The Morgan fingerprint density at radius 2 is 1.54 bits per heavy atom. The van der Waals surface area contributed by atoms with Gasteiger partial charge in [-0.3, -0.25) is 10.1 Å². The molecule has 1 heterocycles. The molecule has 4 rings (SSSR count). The van der Waals surface area contributed by atoms with Crippen molar-refractivity contribution in [1.82, 2.24) is 4.98 Å². The average molecular weight is 332 g/mol. The van der Waals surface area contributed by atoms with E-state index in [0.29, 0.717) is 5.56 Å². The van der Waals surface area contributed by atoms with Crippen molar-refractivity contribution in [1.29, 1.82) is 0 Å². The number of nitro groups is 1. The molecule has 0 spiro atoms. The predicted octanol–water partition coefficient (Wildman–Crippen LogP) is 5.54. The first-order chi connectivity index (χ1) is 11.7. The zero-order valence-corrected chi connectivity index (χ0v) is 13.4. The second kappa shape index (κ2) is 5.86. The smallest absolute Gasteiger partial charge is 0.258 e. The van der Waals surface area contributed by atoms with Crippen LogP contribution in [0.5, 0.6) is 0 Å². The number of rotatable bonds is 3. The van der Waals surface area contributed by atoms with Crippen molar-refractivity contribution in [3.05, 3.63) is 82.9 Å². The molecular weight excluding hydrogens is 320 g/mol. The van der Waals surface area contributed by atoms with Gasteiger partial charge in [-0.05, 0) is 12.1 Å². The minimum atomic E-state index is -0.340. The minimum absolute atomic E-state index is 0.111. The van der Waals surface area contributed by atoms with Gasteiger partial charge in [-0.2, -0.15) is 0 Å². The van der Waals surface area contributed by atoms with Crippen molar-refractivity contribution in [2.75, 3.05) is 0 Å². The Labute approximate surface area is 142 Å². The third-order valence-corrected chi connectivity index (χ3v) is 4.98. The van der Waals surface area contributed by atoms with Gasteiger partial charge < -0.3 is 0 Å². The van der Waals surface area contributed by atoms with Crippen molar-refractivity contribution in [3.63, 3.8) is 0 Å². The number of hydrogen-bond acceptors (Lipinski definition) is 4. The Hall–Kier alpha value is -3.05. The number of fused-ring (bicyclic) bond motifs is 1. The van der Waals surface area contributed by atoms with Gasteiger partial charge in [0, 0.05) is 17.2 Å². The van der Waals surface area contributed by atoms with Crippen LogP contribution in [-0.4, -0.2) is 9.91 Å². The molecule has 0 aliphatic carbocycles. The molecule has 3 aromatic carbocycles. The fraction of sp³-hybridized carbons (Fsp3) is 0. The first-order valence-electron chi connectivity index (χ1n) is 7.43. The molecule has 0 N–H and O–H groups in total. The highest BCUT2D eigenvalue weighted by Gasteiger charge is 2.18. The van der Waals surface area contributed by atoms with Crippen molar-refractivity contribution < 1.29 is 4.92 Å².